The van der Waals surface area contributed by atoms with Crippen LogP contribution in [-0.4, -0.2) is 28.3 Å². The van der Waals surface area contributed by atoms with Gasteiger partial charge in [0.15, 0.2) is 11.4 Å². The summed E-state index contributed by atoms with van der Waals surface area (Å²) in [7, 11) is 1.23. The molecule has 2 heterocycles. The smallest absolute Gasteiger partial charge is 0.434 e. The molecule has 0 amide bonds. The van der Waals surface area contributed by atoms with Crippen LogP contribution in [0.3, 0.4) is 0 Å². The molecule has 2 N–H and O–H groups in total. The van der Waals surface area contributed by atoms with Gasteiger partial charge in [-0.3, -0.25) is 0 Å². The second-order valence-electron chi connectivity index (χ2n) is 7.03. The van der Waals surface area contributed by atoms with E-state index in [4.69, 9.17) is 14.6 Å². The van der Waals surface area contributed by atoms with Gasteiger partial charge in [-0.15, -0.1) is 11.3 Å². The minimum Gasteiger partial charge on any atom is -0.508 e. The van der Waals surface area contributed by atoms with Gasteiger partial charge in [0.25, 0.3) is 0 Å². The summed E-state index contributed by atoms with van der Waals surface area (Å²) in [5, 5.41) is 19.1. The number of hydrogen-bond acceptors (Lipinski definition) is 6. The van der Waals surface area contributed by atoms with Crippen LogP contribution in [0.2, 0.25) is 0 Å². The average molecular weight is 487 g/mol. The number of carboxylic acid groups (broad SMARTS) is 1. The van der Waals surface area contributed by atoms with Crippen LogP contribution in [0.5, 0.6) is 23.1 Å². The van der Waals surface area contributed by atoms with E-state index in [1.807, 2.05) is 0 Å². The van der Waals surface area contributed by atoms with E-state index in [1.54, 1.807) is 30.3 Å². The highest BCUT2D eigenvalue weighted by atomic mass is 32.1. The highest BCUT2D eigenvalue weighted by Crippen LogP contribution is 2.50. The monoisotopic (exact) mass is 487 g/mol. The van der Waals surface area contributed by atoms with Crippen LogP contribution in [-0.2, 0) is 11.0 Å². The van der Waals surface area contributed by atoms with Gasteiger partial charge in [-0.05, 0) is 48.0 Å². The fourth-order valence-electron chi connectivity index (χ4n) is 3.23. The second kappa shape index (κ2) is 9.06. The van der Waals surface area contributed by atoms with Crippen molar-refractivity contribution in [1.82, 2.24) is 4.98 Å². The number of methoxy groups -OCH3 is 1. The molecular weight excluding hydrogens is 471 g/mol. The SMILES string of the molecule is COc1ccc(-c2sc3cc(O)ccc3c2Oc2ccc(C=CC(=O)O)cc2)c(C(F)(F)F)n1. The molecule has 0 fully saturated rings. The third kappa shape index (κ3) is 4.81. The first-order valence-electron chi connectivity index (χ1n) is 9.73. The van der Waals surface area contributed by atoms with Crippen LogP contribution < -0.4 is 9.47 Å². The summed E-state index contributed by atoms with van der Waals surface area (Å²) in [5.74, 6) is -0.804. The number of aliphatic carboxylic acids is 1. The zero-order chi connectivity index (χ0) is 24.5. The lowest BCUT2D eigenvalue weighted by Gasteiger charge is -2.14. The van der Waals surface area contributed by atoms with Crippen LogP contribution in [0, 0.1) is 0 Å². The number of benzene rings is 2. The summed E-state index contributed by atoms with van der Waals surface area (Å²) < 4.78 is 53.0. The molecule has 0 atom stereocenters. The Morgan fingerprint density at radius 1 is 1.09 bits per heavy atom. The summed E-state index contributed by atoms with van der Waals surface area (Å²) >= 11 is 1.03. The predicted octanol–water partition coefficient (Wildman–Crippen LogP) is 6.59. The number of nitrogens with zero attached hydrogens (tertiary/aromatic N) is 1. The van der Waals surface area contributed by atoms with Crippen LogP contribution in [0.1, 0.15) is 11.3 Å². The van der Waals surface area contributed by atoms with Crippen molar-refractivity contribution in [1.29, 1.82) is 0 Å². The summed E-state index contributed by atoms with van der Waals surface area (Å²) in [6, 6.07) is 13.4. The molecule has 10 heteroatoms. The van der Waals surface area contributed by atoms with Crippen molar-refractivity contribution in [2.75, 3.05) is 7.11 Å². The van der Waals surface area contributed by atoms with Crippen molar-refractivity contribution >= 4 is 33.5 Å². The Morgan fingerprint density at radius 2 is 1.82 bits per heavy atom. The van der Waals surface area contributed by atoms with Gasteiger partial charge in [-0.1, -0.05) is 12.1 Å². The number of aromatic nitrogens is 1. The second-order valence-corrected chi connectivity index (χ2v) is 8.08. The van der Waals surface area contributed by atoms with Crippen molar-refractivity contribution in [2.45, 2.75) is 6.18 Å². The molecule has 0 aliphatic rings. The van der Waals surface area contributed by atoms with E-state index >= 15 is 0 Å². The maximum atomic E-state index is 13.9. The standard InChI is InChI=1S/C24H16F3NO5S/c1-32-19-10-9-17(23(28-19)24(25,26)27)22-21(16-8-5-14(29)12-18(16)34-22)33-15-6-2-13(3-7-15)4-11-20(30)31/h2-12,29H,1H3,(H,30,31). The van der Waals surface area contributed by atoms with E-state index in [2.05, 4.69) is 4.98 Å². The van der Waals surface area contributed by atoms with Crippen molar-refractivity contribution in [3.8, 4) is 33.6 Å². The zero-order valence-corrected chi connectivity index (χ0v) is 18.3. The summed E-state index contributed by atoms with van der Waals surface area (Å²) in [4.78, 5) is 14.5. The molecular formula is C24H16F3NO5S. The number of phenolic OH excluding ortho intramolecular Hbond substituents is 1. The molecule has 0 spiro atoms. The zero-order valence-electron chi connectivity index (χ0n) is 17.5. The highest BCUT2D eigenvalue weighted by molar-refractivity contribution is 7.22. The molecule has 174 valence electrons. The topological polar surface area (TPSA) is 88.9 Å². The van der Waals surface area contributed by atoms with Gasteiger partial charge < -0.3 is 19.7 Å². The molecule has 0 bridgehead atoms. The Hall–Kier alpha value is -4.05. The maximum absolute atomic E-state index is 13.9. The molecule has 0 aliphatic carbocycles. The summed E-state index contributed by atoms with van der Waals surface area (Å²) in [6.45, 7) is 0. The molecule has 0 radical (unpaired) electrons. The summed E-state index contributed by atoms with van der Waals surface area (Å²) in [5.41, 5.74) is -0.708. The fourth-order valence-corrected chi connectivity index (χ4v) is 4.42. The quantitative estimate of drug-likeness (QED) is 0.299. The molecule has 4 aromatic rings. The number of rotatable bonds is 6. The van der Waals surface area contributed by atoms with Crippen molar-refractivity contribution in [2.24, 2.45) is 0 Å². The first-order chi connectivity index (χ1) is 16.2. The maximum Gasteiger partial charge on any atom is 0.434 e. The highest BCUT2D eigenvalue weighted by Gasteiger charge is 2.37. The largest absolute Gasteiger partial charge is 0.508 e. The molecule has 4 rings (SSSR count). The number of hydrogen-bond donors (Lipinski definition) is 2. The number of thiophene rings is 1. The lowest BCUT2D eigenvalue weighted by Crippen LogP contribution is -2.10. The Labute approximate surface area is 195 Å². The molecule has 2 aromatic carbocycles. The number of carboxylic acids is 1. The minimum atomic E-state index is -4.75. The lowest BCUT2D eigenvalue weighted by molar-refractivity contribution is -0.140. The Balaban J connectivity index is 1.85. The van der Waals surface area contributed by atoms with Crippen LogP contribution in [0.15, 0.2) is 60.7 Å². The van der Waals surface area contributed by atoms with E-state index in [9.17, 15) is 23.1 Å². The number of aromatic hydroxyl groups is 1. The lowest BCUT2D eigenvalue weighted by atomic mass is 10.1. The normalized spacial score (nSPS) is 11.8. The van der Waals surface area contributed by atoms with E-state index in [-0.39, 0.29) is 27.8 Å². The number of carbonyl (C=O) groups is 1. The van der Waals surface area contributed by atoms with Crippen LogP contribution in [0.4, 0.5) is 13.2 Å². The number of halogens is 3. The molecule has 0 unspecified atom stereocenters. The van der Waals surface area contributed by atoms with Gasteiger partial charge in [-0.2, -0.15) is 13.2 Å². The van der Waals surface area contributed by atoms with Crippen molar-refractivity contribution in [3.63, 3.8) is 0 Å². The van der Waals surface area contributed by atoms with E-state index in [0.717, 1.165) is 17.4 Å². The van der Waals surface area contributed by atoms with Crippen LogP contribution >= 0.6 is 11.3 Å². The predicted molar refractivity (Wildman–Crippen MR) is 121 cm³/mol. The molecule has 34 heavy (non-hydrogen) atoms. The Bertz CT molecular complexity index is 1390. The summed E-state index contributed by atoms with van der Waals surface area (Å²) in [6.07, 6.45) is -2.36. The number of ether oxygens (including phenoxy) is 2. The van der Waals surface area contributed by atoms with Gasteiger partial charge in [0, 0.05) is 27.8 Å². The van der Waals surface area contributed by atoms with Gasteiger partial charge in [0.1, 0.15) is 11.5 Å². The van der Waals surface area contributed by atoms with Gasteiger partial charge >= 0.3 is 12.1 Å². The third-order valence-electron chi connectivity index (χ3n) is 4.74. The Morgan fingerprint density at radius 3 is 2.47 bits per heavy atom. The molecule has 0 saturated heterocycles. The Kier molecular flexibility index (Phi) is 6.16. The van der Waals surface area contributed by atoms with Gasteiger partial charge in [-0.25, -0.2) is 9.78 Å². The van der Waals surface area contributed by atoms with E-state index < -0.39 is 17.8 Å². The average Bonchev–Trinajstić information content (AvgIpc) is 3.14. The minimum absolute atomic E-state index is 0.0367. The molecule has 6 nitrogen and oxygen atoms in total. The van der Waals surface area contributed by atoms with E-state index in [1.165, 1.54) is 37.5 Å². The van der Waals surface area contributed by atoms with Crippen molar-refractivity contribution in [3.05, 3.63) is 71.9 Å². The van der Waals surface area contributed by atoms with E-state index in [0.29, 0.717) is 21.4 Å². The van der Waals surface area contributed by atoms with Gasteiger partial charge in [0.05, 0.1) is 12.0 Å². The number of pyridine rings is 1. The molecule has 0 aliphatic heterocycles. The third-order valence-corrected chi connectivity index (χ3v) is 5.91. The fraction of sp³-hybridized carbons (Fsp3) is 0.0833. The van der Waals surface area contributed by atoms with Crippen LogP contribution in [0.25, 0.3) is 26.6 Å². The first-order valence-corrected chi connectivity index (χ1v) is 10.5. The molecule has 2 aromatic heterocycles. The molecule has 0 saturated carbocycles. The van der Waals surface area contributed by atoms with Crippen molar-refractivity contribution < 1.29 is 37.7 Å². The van der Waals surface area contributed by atoms with Gasteiger partial charge in [0.2, 0.25) is 5.88 Å². The number of alkyl halides is 3. The number of fused-ring (bicyclic) bond motifs is 1. The first kappa shape index (κ1) is 23.1. The number of phenols is 1.